The molecule has 1 aromatic heterocycles. The van der Waals surface area contributed by atoms with Crippen molar-refractivity contribution in [2.24, 2.45) is 0 Å². The highest BCUT2D eigenvalue weighted by atomic mass is 32.1. The van der Waals surface area contributed by atoms with Crippen LogP contribution in [-0.4, -0.2) is 20.0 Å². The van der Waals surface area contributed by atoms with Gasteiger partial charge in [-0.2, -0.15) is 0 Å². The van der Waals surface area contributed by atoms with Crippen molar-refractivity contribution in [1.82, 2.24) is 0 Å². The van der Waals surface area contributed by atoms with E-state index in [1.807, 2.05) is 17.5 Å². The lowest BCUT2D eigenvalue weighted by atomic mass is 10.1. The van der Waals surface area contributed by atoms with Gasteiger partial charge >= 0.3 is 0 Å². The van der Waals surface area contributed by atoms with E-state index in [9.17, 15) is 4.79 Å². The number of methoxy groups -OCH3 is 2. The number of benzene rings is 1. The van der Waals surface area contributed by atoms with Gasteiger partial charge in [0.05, 0.1) is 24.7 Å². The van der Waals surface area contributed by atoms with Gasteiger partial charge in [-0.05, 0) is 17.5 Å². The van der Waals surface area contributed by atoms with Crippen LogP contribution in [-0.2, 0) is 0 Å². The van der Waals surface area contributed by atoms with Crippen molar-refractivity contribution in [3.05, 3.63) is 34.0 Å². The lowest BCUT2D eigenvalue weighted by Crippen LogP contribution is -1.98. The molecule has 0 radical (unpaired) electrons. The van der Waals surface area contributed by atoms with E-state index in [0.717, 1.165) is 16.0 Å². The minimum atomic E-state index is 0.0458. The van der Waals surface area contributed by atoms with Crippen molar-refractivity contribution in [3.8, 4) is 22.6 Å². The van der Waals surface area contributed by atoms with Crippen LogP contribution in [0, 0.1) is 0 Å². The van der Waals surface area contributed by atoms with E-state index >= 15 is 0 Å². The van der Waals surface area contributed by atoms with E-state index in [1.54, 1.807) is 20.3 Å². The van der Waals surface area contributed by atoms with Crippen molar-refractivity contribution in [3.63, 3.8) is 0 Å². The van der Waals surface area contributed by atoms with Gasteiger partial charge in [0.1, 0.15) is 11.5 Å². The van der Waals surface area contributed by atoms with Gasteiger partial charge in [-0.1, -0.05) is 0 Å². The standard InChI is InChI=1S/C13H10O3S/c1-15-7-5-9-8-3-4-17-13(8)12(14)11(9)10(6-7)16-2/h3-6H,1-2H3. The van der Waals surface area contributed by atoms with Crippen molar-refractivity contribution in [1.29, 1.82) is 0 Å². The summed E-state index contributed by atoms with van der Waals surface area (Å²) >= 11 is 1.46. The molecule has 0 N–H and O–H groups in total. The molecule has 86 valence electrons. The summed E-state index contributed by atoms with van der Waals surface area (Å²) in [5.41, 5.74) is 2.53. The zero-order chi connectivity index (χ0) is 12.0. The Balaban J connectivity index is 2.33. The Bertz CT molecular complexity index is 613. The van der Waals surface area contributed by atoms with Crippen molar-refractivity contribution in [2.75, 3.05) is 14.2 Å². The quantitative estimate of drug-likeness (QED) is 0.697. The zero-order valence-corrected chi connectivity index (χ0v) is 10.3. The molecule has 0 fully saturated rings. The molecule has 0 spiro atoms. The highest BCUT2D eigenvalue weighted by Crippen LogP contribution is 2.45. The fourth-order valence-corrected chi connectivity index (χ4v) is 2.98. The second-order valence-corrected chi connectivity index (χ2v) is 4.66. The number of ether oxygens (including phenoxy) is 2. The Morgan fingerprint density at radius 3 is 2.65 bits per heavy atom. The van der Waals surface area contributed by atoms with Crippen LogP contribution in [0.4, 0.5) is 0 Å². The van der Waals surface area contributed by atoms with Gasteiger partial charge in [-0.15, -0.1) is 11.3 Å². The number of rotatable bonds is 2. The van der Waals surface area contributed by atoms with Gasteiger partial charge in [0.15, 0.2) is 0 Å². The van der Waals surface area contributed by atoms with Crippen LogP contribution in [0.25, 0.3) is 11.1 Å². The van der Waals surface area contributed by atoms with Crippen molar-refractivity contribution >= 4 is 17.1 Å². The molecule has 0 aliphatic heterocycles. The first-order valence-corrected chi connectivity index (χ1v) is 6.03. The molecule has 1 heterocycles. The molecule has 3 nitrogen and oxygen atoms in total. The van der Waals surface area contributed by atoms with Gasteiger partial charge in [-0.25, -0.2) is 0 Å². The lowest BCUT2D eigenvalue weighted by molar-refractivity contribution is 0.104. The average Bonchev–Trinajstić information content (AvgIpc) is 2.93. The van der Waals surface area contributed by atoms with Crippen LogP contribution >= 0.6 is 11.3 Å². The molecule has 17 heavy (non-hydrogen) atoms. The zero-order valence-electron chi connectivity index (χ0n) is 9.44. The molecule has 4 heteroatoms. The molecule has 0 saturated heterocycles. The van der Waals surface area contributed by atoms with Crippen LogP contribution in [0.5, 0.6) is 11.5 Å². The normalized spacial score (nSPS) is 12.2. The van der Waals surface area contributed by atoms with Gasteiger partial charge in [0.25, 0.3) is 0 Å². The highest BCUT2D eigenvalue weighted by Gasteiger charge is 2.31. The fraction of sp³-hybridized carbons (Fsp3) is 0.154. The maximum atomic E-state index is 12.2. The van der Waals surface area contributed by atoms with E-state index in [-0.39, 0.29) is 5.78 Å². The minimum absolute atomic E-state index is 0.0458. The number of ketones is 1. The van der Waals surface area contributed by atoms with Gasteiger partial charge < -0.3 is 9.47 Å². The first-order valence-electron chi connectivity index (χ1n) is 5.15. The monoisotopic (exact) mass is 246 g/mol. The second kappa shape index (κ2) is 3.60. The maximum absolute atomic E-state index is 12.2. The summed E-state index contributed by atoms with van der Waals surface area (Å²) < 4.78 is 10.5. The van der Waals surface area contributed by atoms with Gasteiger partial charge in [0.2, 0.25) is 5.78 Å². The van der Waals surface area contributed by atoms with Crippen LogP contribution in [0.3, 0.4) is 0 Å². The summed E-state index contributed by atoms with van der Waals surface area (Å²) in [6.45, 7) is 0. The predicted molar refractivity (Wildman–Crippen MR) is 66.3 cm³/mol. The third-order valence-electron chi connectivity index (χ3n) is 2.92. The third kappa shape index (κ3) is 1.31. The van der Waals surface area contributed by atoms with Crippen LogP contribution in [0.15, 0.2) is 23.6 Å². The highest BCUT2D eigenvalue weighted by molar-refractivity contribution is 7.13. The number of thiophene rings is 1. The number of hydrogen-bond donors (Lipinski definition) is 0. The average molecular weight is 246 g/mol. The Labute approximate surface area is 103 Å². The number of fused-ring (bicyclic) bond motifs is 3. The maximum Gasteiger partial charge on any atom is 0.207 e. The molecule has 1 aliphatic rings. The van der Waals surface area contributed by atoms with Crippen LogP contribution < -0.4 is 9.47 Å². The molecule has 2 aromatic rings. The van der Waals surface area contributed by atoms with Gasteiger partial charge in [-0.3, -0.25) is 4.79 Å². The summed E-state index contributed by atoms with van der Waals surface area (Å²) in [5.74, 6) is 1.32. The third-order valence-corrected chi connectivity index (χ3v) is 3.83. The fourth-order valence-electron chi connectivity index (χ4n) is 2.13. The number of carbonyl (C=O) groups excluding carboxylic acids is 1. The lowest BCUT2D eigenvalue weighted by Gasteiger charge is -2.09. The summed E-state index contributed by atoms with van der Waals surface area (Å²) in [7, 11) is 3.17. The molecule has 0 amide bonds. The topological polar surface area (TPSA) is 35.5 Å². The van der Waals surface area contributed by atoms with Gasteiger partial charge in [0, 0.05) is 17.2 Å². The summed E-state index contributed by atoms with van der Waals surface area (Å²) in [6.07, 6.45) is 0. The first-order chi connectivity index (χ1) is 8.26. The number of carbonyl (C=O) groups is 1. The van der Waals surface area contributed by atoms with E-state index < -0.39 is 0 Å². The predicted octanol–water partition coefficient (Wildman–Crippen LogP) is 2.98. The van der Waals surface area contributed by atoms with Crippen LogP contribution in [0.2, 0.25) is 0 Å². The summed E-state index contributed by atoms with van der Waals surface area (Å²) in [6, 6.07) is 5.59. The first kappa shape index (κ1) is 10.4. The Hall–Kier alpha value is -1.81. The molecule has 0 saturated carbocycles. The Morgan fingerprint density at radius 2 is 1.94 bits per heavy atom. The molecular formula is C13H10O3S. The second-order valence-electron chi connectivity index (χ2n) is 3.74. The molecule has 3 rings (SSSR count). The van der Waals surface area contributed by atoms with Crippen molar-refractivity contribution < 1.29 is 14.3 Å². The minimum Gasteiger partial charge on any atom is -0.497 e. The van der Waals surface area contributed by atoms with Crippen molar-refractivity contribution in [2.45, 2.75) is 0 Å². The SMILES string of the molecule is COc1cc(OC)c2c(c1)-c1ccsc1C2=O. The van der Waals surface area contributed by atoms with E-state index in [1.165, 1.54) is 11.3 Å². The van der Waals surface area contributed by atoms with E-state index in [0.29, 0.717) is 17.1 Å². The molecule has 0 unspecified atom stereocenters. The largest absolute Gasteiger partial charge is 0.497 e. The smallest absolute Gasteiger partial charge is 0.207 e. The molecule has 0 bridgehead atoms. The molecule has 1 aromatic carbocycles. The van der Waals surface area contributed by atoms with E-state index in [2.05, 4.69) is 0 Å². The van der Waals surface area contributed by atoms with Crippen LogP contribution in [0.1, 0.15) is 15.2 Å². The molecular weight excluding hydrogens is 236 g/mol. The van der Waals surface area contributed by atoms with E-state index in [4.69, 9.17) is 9.47 Å². The molecule has 1 aliphatic carbocycles. The Morgan fingerprint density at radius 1 is 1.12 bits per heavy atom. The Kier molecular flexibility index (Phi) is 2.19. The summed E-state index contributed by atoms with van der Waals surface area (Å²) in [4.78, 5) is 13.0. The number of hydrogen-bond acceptors (Lipinski definition) is 4. The summed E-state index contributed by atoms with van der Waals surface area (Å²) in [5, 5.41) is 1.93. The molecule has 0 atom stereocenters.